The van der Waals surface area contributed by atoms with Gasteiger partial charge in [-0.2, -0.15) is 0 Å². The lowest BCUT2D eigenvalue weighted by Gasteiger charge is -2.32. The summed E-state index contributed by atoms with van der Waals surface area (Å²) in [6.45, 7) is 7.34. The number of carbonyl (C=O) groups excluding carboxylic acids is 3. The lowest BCUT2D eigenvalue weighted by atomic mass is 9.96. The normalized spacial score (nSPS) is 15.0. The number of halogens is 1. The van der Waals surface area contributed by atoms with Crippen LogP contribution in [0, 0.1) is 11.7 Å². The number of carbonyl (C=O) groups is 3. The highest BCUT2D eigenvalue weighted by atomic mass is 19.1. The van der Waals surface area contributed by atoms with Crippen LogP contribution in [-0.4, -0.2) is 54.6 Å². The Morgan fingerprint density at radius 3 is 2.48 bits per heavy atom. The fourth-order valence-electron chi connectivity index (χ4n) is 3.21. The standard InChI is InChI=1S/C23H32FN3O4/c1-23(2,3)31-22(30)25-13-10-21(29)27-14-11-17(12-15-27)16-26-20(28)9-8-18-6-4-5-7-19(18)24/h4-9,17H,10-16H2,1-3H3,(H,25,30)(H,26,28)/b9-8+. The highest BCUT2D eigenvalue weighted by molar-refractivity contribution is 5.91. The Hall–Kier alpha value is -2.90. The predicted molar refractivity (Wildman–Crippen MR) is 117 cm³/mol. The lowest BCUT2D eigenvalue weighted by Crippen LogP contribution is -2.42. The summed E-state index contributed by atoms with van der Waals surface area (Å²) in [5, 5.41) is 5.43. The van der Waals surface area contributed by atoms with Crippen LogP contribution in [0.25, 0.3) is 6.08 Å². The van der Waals surface area contributed by atoms with E-state index in [-0.39, 0.29) is 36.5 Å². The Kier molecular flexibility index (Phi) is 9.03. The first-order valence-electron chi connectivity index (χ1n) is 10.6. The zero-order chi connectivity index (χ0) is 22.9. The third-order valence-electron chi connectivity index (χ3n) is 4.86. The van der Waals surface area contributed by atoms with Crippen LogP contribution in [0.1, 0.15) is 45.6 Å². The zero-order valence-electron chi connectivity index (χ0n) is 18.4. The maximum atomic E-state index is 13.6. The molecule has 0 bridgehead atoms. The molecule has 31 heavy (non-hydrogen) atoms. The van der Waals surface area contributed by atoms with E-state index in [1.165, 1.54) is 18.2 Å². The van der Waals surface area contributed by atoms with Gasteiger partial charge in [0.05, 0.1) is 0 Å². The quantitative estimate of drug-likeness (QED) is 0.647. The second-order valence-electron chi connectivity index (χ2n) is 8.60. The molecule has 0 radical (unpaired) electrons. The molecule has 2 N–H and O–H groups in total. The zero-order valence-corrected chi connectivity index (χ0v) is 18.4. The maximum absolute atomic E-state index is 13.6. The van der Waals surface area contributed by atoms with Crippen molar-refractivity contribution in [1.82, 2.24) is 15.5 Å². The van der Waals surface area contributed by atoms with E-state index in [0.717, 1.165) is 12.8 Å². The van der Waals surface area contributed by atoms with Gasteiger partial charge >= 0.3 is 6.09 Å². The third kappa shape index (κ3) is 9.19. The number of rotatable bonds is 7. The highest BCUT2D eigenvalue weighted by Crippen LogP contribution is 2.17. The molecule has 170 valence electrons. The van der Waals surface area contributed by atoms with E-state index < -0.39 is 11.7 Å². The first kappa shape index (κ1) is 24.4. The summed E-state index contributed by atoms with van der Waals surface area (Å²) in [5.41, 5.74) is -0.204. The first-order chi connectivity index (χ1) is 14.6. The smallest absolute Gasteiger partial charge is 0.407 e. The van der Waals surface area contributed by atoms with Crippen molar-refractivity contribution >= 4 is 24.0 Å². The van der Waals surface area contributed by atoms with Crippen LogP contribution in [-0.2, 0) is 14.3 Å². The Bertz CT molecular complexity index is 796. The molecule has 0 spiro atoms. The minimum Gasteiger partial charge on any atom is -0.444 e. The summed E-state index contributed by atoms with van der Waals surface area (Å²) in [7, 11) is 0. The van der Waals surface area contributed by atoms with E-state index in [4.69, 9.17) is 4.74 Å². The summed E-state index contributed by atoms with van der Waals surface area (Å²) >= 11 is 0. The molecule has 1 aliphatic heterocycles. The van der Waals surface area contributed by atoms with Crippen molar-refractivity contribution in [3.05, 3.63) is 41.7 Å². The third-order valence-corrected chi connectivity index (χ3v) is 4.86. The van der Waals surface area contributed by atoms with Gasteiger partial charge < -0.3 is 20.3 Å². The van der Waals surface area contributed by atoms with Crippen LogP contribution in [0.4, 0.5) is 9.18 Å². The van der Waals surface area contributed by atoms with E-state index in [1.807, 2.05) is 0 Å². The SMILES string of the molecule is CC(C)(C)OC(=O)NCCC(=O)N1CCC(CNC(=O)/C=C/c2ccccc2F)CC1. The number of hydrogen-bond acceptors (Lipinski definition) is 4. The molecule has 0 unspecified atom stereocenters. The van der Waals surface area contributed by atoms with Crippen molar-refractivity contribution in [2.24, 2.45) is 5.92 Å². The molecule has 0 atom stereocenters. The summed E-state index contributed by atoms with van der Waals surface area (Å²) in [5.74, 6) is -0.360. The Labute approximate surface area is 183 Å². The molecule has 0 aliphatic carbocycles. The number of nitrogens with zero attached hydrogens (tertiary/aromatic N) is 1. The molecule has 1 aliphatic rings. The number of piperidine rings is 1. The average molecular weight is 434 g/mol. The molecule has 0 aromatic heterocycles. The summed E-state index contributed by atoms with van der Waals surface area (Å²) in [6, 6.07) is 6.26. The van der Waals surface area contributed by atoms with Gasteiger partial charge in [0, 0.05) is 44.2 Å². The minimum absolute atomic E-state index is 0.00800. The Morgan fingerprint density at radius 2 is 1.84 bits per heavy atom. The number of benzene rings is 1. The van der Waals surface area contributed by atoms with Gasteiger partial charge in [-0.3, -0.25) is 9.59 Å². The van der Waals surface area contributed by atoms with Crippen molar-refractivity contribution in [3.63, 3.8) is 0 Å². The number of amides is 3. The minimum atomic E-state index is -0.571. The molecule has 2 rings (SSSR count). The van der Waals surface area contributed by atoms with Crippen LogP contribution >= 0.6 is 0 Å². The fourth-order valence-corrected chi connectivity index (χ4v) is 3.21. The van der Waals surface area contributed by atoms with Crippen molar-refractivity contribution in [2.45, 2.75) is 45.6 Å². The second kappa shape index (κ2) is 11.5. The van der Waals surface area contributed by atoms with E-state index in [9.17, 15) is 18.8 Å². The van der Waals surface area contributed by atoms with Gasteiger partial charge in [-0.1, -0.05) is 18.2 Å². The van der Waals surface area contributed by atoms with Gasteiger partial charge in [0.25, 0.3) is 0 Å². The molecule has 3 amide bonds. The van der Waals surface area contributed by atoms with Crippen LogP contribution in [0.2, 0.25) is 0 Å². The van der Waals surface area contributed by atoms with E-state index in [0.29, 0.717) is 25.2 Å². The summed E-state index contributed by atoms with van der Waals surface area (Å²) in [4.78, 5) is 37.7. The fraction of sp³-hybridized carbons (Fsp3) is 0.522. The Balaban J connectivity index is 1.63. The number of hydrogen-bond donors (Lipinski definition) is 2. The summed E-state index contributed by atoms with van der Waals surface area (Å²) in [6.07, 6.45) is 4.07. The second-order valence-corrected chi connectivity index (χ2v) is 8.60. The van der Waals surface area contributed by atoms with Crippen LogP contribution in [0.15, 0.2) is 30.3 Å². The molecule has 1 fully saturated rings. The van der Waals surface area contributed by atoms with E-state index in [2.05, 4.69) is 10.6 Å². The van der Waals surface area contributed by atoms with E-state index >= 15 is 0 Å². The predicted octanol–water partition coefficient (Wildman–Crippen LogP) is 3.11. The molecule has 7 nitrogen and oxygen atoms in total. The van der Waals surface area contributed by atoms with Crippen molar-refractivity contribution in [1.29, 1.82) is 0 Å². The molecule has 1 aromatic rings. The van der Waals surface area contributed by atoms with Gasteiger partial charge in [-0.15, -0.1) is 0 Å². The van der Waals surface area contributed by atoms with Crippen molar-refractivity contribution in [2.75, 3.05) is 26.2 Å². The molecular formula is C23H32FN3O4. The molecule has 1 aromatic carbocycles. The summed E-state index contributed by atoms with van der Waals surface area (Å²) < 4.78 is 18.7. The number of nitrogens with one attached hydrogen (secondary N) is 2. The van der Waals surface area contributed by atoms with Crippen molar-refractivity contribution in [3.8, 4) is 0 Å². The molecule has 1 saturated heterocycles. The maximum Gasteiger partial charge on any atom is 0.407 e. The van der Waals surface area contributed by atoms with Crippen molar-refractivity contribution < 1.29 is 23.5 Å². The van der Waals surface area contributed by atoms with E-state index in [1.54, 1.807) is 43.9 Å². The number of likely N-dealkylation sites (tertiary alicyclic amines) is 1. The molecule has 8 heteroatoms. The van der Waals surface area contributed by atoms with Gasteiger partial charge in [-0.05, 0) is 51.7 Å². The monoisotopic (exact) mass is 433 g/mol. The number of ether oxygens (including phenoxy) is 1. The van der Waals surface area contributed by atoms with Gasteiger partial charge in [0.1, 0.15) is 11.4 Å². The van der Waals surface area contributed by atoms with Gasteiger partial charge in [0.15, 0.2) is 0 Å². The molecular weight excluding hydrogens is 401 g/mol. The lowest BCUT2D eigenvalue weighted by molar-refractivity contribution is -0.132. The Morgan fingerprint density at radius 1 is 1.16 bits per heavy atom. The highest BCUT2D eigenvalue weighted by Gasteiger charge is 2.23. The largest absolute Gasteiger partial charge is 0.444 e. The first-order valence-corrected chi connectivity index (χ1v) is 10.6. The van der Waals surface area contributed by atoms with Gasteiger partial charge in [0.2, 0.25) is 11.8 Å². The number of alkyl carbamates (subject to hydrolysis) is 1. The molecule has 0 saturated carbocycles. The topological polar surface area (TPSA) is 87.7 Å². The van der Waals surface area contributed by atoms with Crippen LogP contribution in [0.5, 0.6) is 0 Å². The van der Waals surface area contributed by atoms with Crippen LogP contribution in [0.3, 0.4) is 0 Å². The van der Waals surface area contributed by atoms with Gasteiger partial charge in [-0.25, -0.2) is 9.18 Å². The average Bonchev–Trinajstić information content (AvgIpc) is 2.70. The molecule has 1 heterocycles. The van der Waals surface area contributed by atoms with Crippen LogP contribution < -0.4 is 10.6 Å².